The summed E-state index contributed by atoms with van der Waals surface area (Å²) in [6.07, 6.45) is 2.76. The van der Waals surface area contributed by atoms with E-state index >= 15 is 0 Å². The van der Waals surface area contributed by atoms with Crippen LogP contribution in [-0.4, -0.2) is 32.5 Å². The van der Waals surface area contributed by atoms with Gasteiger partial charge in [0, 0.05) is 43.0 Å². The molecule has 132 valence electrons. The highest BCUT2D eigenvalue weighted by Crippen LogP contribution is 2.18. The van der Waals surface area contributed by atoms with E-state index in [1.54, 1.807) is 11.2 Å². The molecule has 6 nitrogen and oxygen atoms in total. The Labute approximate surface area is 147 Å². The van der Waals surface area contributed by atoms with Gasteiger partial charge in [0.2, 0.25) is 5.91 Å². The highest BCUT2D eigenvalue weighted by Gasteiger charge is 2.15. The van der Waals surface area contributed by atoms with Crippen molar-refractivity contribution in [2.75, 3.05) is 7.05 Å². The number of aromatic nitrogens is 3. The van der Waals surface area contributed by atoms with Gasteiger partial charge in [-0.05, 0) is 45.7 Å². The van der Waals surface area contributed by atoms with Crippen LogP contribution in [0.4, 0.5) is 0 Å². The first kappa shape index (κ1) is 17.2. The summed E-state index contributed by atoms with van der Waals surface area (Å²) in [7, 11) is 1.83. The number of fused-ring (bicyclic) bond motifs is 1. The zero-order valence-corrected chi connectivity index (χ0v) is 15.5. The Balaban J connectivity index is 1.71. The van der Waals surface area contributed by atoms with Crippen LogP contribution in [-0.2, 0) is 17.8 Å². The predicted octanol–water partition coefficient (Wildman–Crippen LogP) is 3.15. The highest BCUT2D eigenvalue weighted by molar-refractivity contribution is 5.76. The molecule has 6 heteroatoms. The molecule has 0 aliphatic heterocycles. The Morgan fingerprint density at radius 2 is 2.04 bits per heavy atom. The summed E-state index contributed by atoms with van der Waals surface area (Å²) in [5, 5.41) is 4.48. The van der Waals surface area contributed by atoms with Gasteiger partial charge < -0.3 is 9.32 Å². The molecule has 0 saturated carbocycles. The maximum absolute atomic E-state index is 12.5. The van der Waals surface area contributed by atoms with Crippen LogP contribution in [0.5, 0.6) is 0 Å². The Hall–Kier alpha value is -2.63. The molecule has 0 aliphatic rings. The quantitative estimate of drug-likeness (QED) is 0.716. The number of carbonyl (C=O) groups is 1. The lowest BCUT2D eigenvalue weighted by atomic mass is 10.1. The van der Waals surface area contributed by atoms with Gasteiger partial charge in [-0.3, -0.25) is 4.79 Å². The molecule has 1 amide bonds. The third-order valence-electron chi connectivity index (χ3n) is 4.67. The number of rotatable bonds is 5. The molecule has 0 unspecified atom stereocenters. The average molecular weight is 340 g/mol. The van der Waals surface area contributed by atoms with Crippen molar-refractivity contribution in [3.8, 4) is 0 Å². The lowest BCUT2D eigenvalue weighted by Crippen LogP contribution is -2.26. The fraction of sp³-hybridized carbons (Fsp3) is 0.421. The largest absolute Gasteiger partial charge is 0.469 e. The summed E-state index contributed by atoms with van der Waals surface area (Å²) in [4.78, 5) is 18.9. The van der Waals surface area contributed by atoms with E-state index in [1.165, 1.54) is 0 Å². The number of carbonyl (C=O) groups excluding carboxylic acids is 1. The number of aryl methyl sites for hydroxylation is 4. The topological polar surface area (TPSA) is 63.6 Å². The van der Waals surface area contributed by atoms with Gasteiger partial charge in [0.05, 0.1) is 12.0 Å². The van der Waals surface area contributed by atoms with Gasteiger partial charge in [-0.2, -0.15) is 5.10 Å². The normalized spacial score (nSPS) is 11.2. The Bertz CT molecular complexity index is 923. The van der Waals surface area contributed by atoms with E-state index in [9.17, 15) is 4.79 Å². The molecular weight excluding hydrogens is 316 g/mol. The maximum atomic E-state index is 12.5. The molecule has 0 radical (unpaired) electrons. The minimum Gasteiger partial charge on any atom is -0.469 e. The number of furan rings is 1. The summed E-state index contributed by atoms with van der Waals surface area (Å²) in [5.74, 6) is 0.964. The van der Waals surface area contributed by atoms with Gasteiger partial charge >= 0.3 is 0 Å². The summed E-state index contributed by atoms with van der Waals surface area (Å²) < 4.78 is 7.15. The Morgan fingerprint density at radius 1 is 1.28 bits per heavy atom. The zero-order valence-electron chi connectivity index (χ0n) is 15.5. The molecule has 3 aromatic rings. The Kier molecular flexibility index (Phi) is 4.61. The third-order valence-corrected chi connectivity index (χ3v) is 4.67. The number of nitrogens with zero attached hydrogens (tertiary/aromatic N) is 4. The van der Waals surface area contributed by atoms with Gasteiger partial charge in [0.15, 0.2) is 5.65 Å². The van der Waals surface area contributed by atoms with E-state index < -0.39 is 0 Å². The smallest absolute Gasteiger partial charge is 0.222 e. The molecule has 0 atom stereocenters. The van der Waals surface area contributed by atoms with E-state index in [0.717, 1.165) is 39.6 Å². The summed E-state index contributed by atoms with van der Waals surface area (Å²) >= 11 is 0. The van der Waals surface area contributed by atoms with Gasteiger partial charge in [-0.15, -0.1) is 0 Å². The zero-order chi connectivity index (χ0) is 18.1. The predicted molar refractivity (Wildman–Crippen MR) is 95.4 cm³/mol. The molecule has 0 aromatic carbocycles. The second-order valence-corrected chi connectivity index (χ2v) is 6.57. The number of hydrogen-bond donors (Lipinski definition) is 0. The van der Waals surface area contributed by atoms with E-state index in [1.807, 2.05) is 51.4 Å². The van der Waals surface area contributed by atoms with E-state index in [0.29, 0.717) is 19.4 Å². The van der Waals surface area contributed by atoms with Crippen LogP contribution >= 0.6 is 0 Å². The minimum atomic E-state index is 0.108. The SMILES string of the molecule is Cc1cc2nc(C)c(CCC(=O)N(C)Cc3ccoc3C)c(C)n2n1. The van der Waals surface area contributed by atoms with Gasteiger partial charge in [0.25, 0.3) is 0 Å². The summed E-state index contributed by atoms with van der Waals surface area (Å²) in [6.45, 7) is 8.46. The van der Waals surface area contributed by atoms with Crippen molar-refractivity contribution in [3.05, 3.63) is 52.4 Å². The molecule has 0 N–H and O–H groups in total. The first-order valence-electron chi connectivity index (χ1n) is 8.46. The lowest BCUT2D eigenvalue weighted by molar-refractivity contribution is -0.130. The Morgan fingerprint density at radius 3 is 2.72 bits per heavy atom. The molecule has 0 aliphatic carbocycles. The molecule has 25 heavy (non-hydrogen) atoms. The minimum absolute atomic E-state index is 0.108. The van der Waals surface area contributed by atoms with Crippen LogP contribution in [0.1, 0.15) is 40.4 Å². The lowest BCUT2D eigenvalue weighted by Gasteiger charge is -2.17. The molecule has 0 bridgehead atoms. The van der Waals surface area contributed by atoms with Crippen molar-refractivity contribution in [2.45, 2.75) is 47.1 Å². The summed E-state index contributed by atoms with van der Waals surface area (Å²) in [6, 6.07) is 3.88. The van der Waals surface area contributed by atoms with Crippen molar-refractivity contribution in [1.82, 2.24) is 19.5 Å². The van der Waals surface area contributed by atoms with Crippen LogP contribution in [0.25, 0.3) is 5.65 Å². The summed E-state index contributed by atoms with van der Waals surface area (Å²) in [5.41, 5.74) is 5.95. The van der Waals surface area contributed by atoms with E-state index in [-0.39, 0.29) is 5.91 Å². The van der Waals surface area contributed by atoms with Crippen molar-refractivity contribution in [2.24, 2.45) is 0 Å². The highest BCUT2D eigenvalue weighted by atomic mass is 16.3. The van der Waals surface area contributed by atoms with Gasteiger partial charge in [0.1, 0.15) is 5.76 Å². The average Bonchev–Trinajstić information content (AvgIpc) is 3.12. The maximum Gasteiger partial charge on any atom is 0.222 e. The molecule has 0 saturated heterocycles. The van der Waals surface area contributed by atoms with E-state index in [2.05, 4.69) is 10.1 Å². The fourth-order valence-electron chi connectivity index (χ4n) is 3.14. The first-order valence-corrected chi connectivity index (χ1v) is 8.46. The van der Waals surface area contributed by atoms with Crippen molar-refractivity contribution in [1.29, 1.82) is 0 Å². The molecule has 3 aromatic heterocycles. The second-order valence-electron chi connectivity index (χ2n) is 6.57. The van der Waals surface area contributed by atoms with Crippen molar-refractivity contribution in [3.63, 3.8) is 0 Å². The second kappa shape index (κ2) is 6.70. The number of hydrogen-bond acceptors (Lipinski definition) is 4. The molecular formula is C19H24N4O2. The van der Waals surface area contributed by atoms with Crippen LogP contribution < -0.4 is 0 Å². The van der Waals surface area contributed by atoms with E-state index in [4.69, 9.17) is 4.42 Å². The van der Waals surface area contributed by atoms with Crippen LogP contribution in [0, 0.1) is 27.7 Å². The first-order chi connectivity index (χ1) is 11.9. The van der Waals surface area contributed by atoms with Crippen LogP contribution in [0.15, 0.2) is 22.8 Å². The third kappa shape index (κ3) is 3.43. The van der Waals surface area contributed by atoms with Crippen LogP contribution in [0.2, 0.25) is 0 Å². The van der Waals surface area contributed by atoms with Crippen molar-refractivity contribution >= 4 is 11.6 Å². The monoisotopic (exact) mass is 340 g/mol. The molecule has 3 rings (SSSR count). The van der Waals surface area contributed by atoms with Gasteiger partial charge in [-0.1, -0.05) is 0 Å². The molecule has 0 fully saturated rings. The van der Waals surface area contributed by atoms with Gasteiger partial charge in [-0.25, -0.2) is 9.50 Å². The fourth-order valence-corrected chi connectivity index (χ4v) is 3.14. The molecule has 0 spiro atoms. The standard InChI is InChI=1S/C19H24N4O2/c1-12-10-18-20-13(2)17(14(3)23(18)21-12)6-7-19(24)22(5)11-16-8-9-25-15(16)4/h8-10H,6-7,11H2,1-5H3. The van der Waals surface area contributed by atoms with Crippen molar-refractivity contribution < 1.29 is 9.21 Å². The number of amides is 1. The molecule has 3 heterocycles. The van der Waals surface area contributed by atoms with Crippen LogP contribution in [0.3, 0.4) is 0 Å².